The topological polar surface area (TPSA) is 204 Å². The maximum Gasteiger partial charge on any atom is 0.411 e. The smallest absolute Gasteiger partial charge is 0.411 e. The van der Waals surface area contributed by atoms with Crippen LogP contribution in [0.3, 0.4) is 0 Å². The number of carbonyl (C=O) groups excluding carboxylic acids is 4. The zero-order valence-corrected chi connectivity index (χ0v) is 35.2. The van der Waals surface area contributed by atoms with Gasteiger partial charge in [-0.2, -0.15) is 22.7 Å². The first-order valence-corrected chi connectivity index (χ1v) is 20.1. The van der Waals surface area contributed by atoms with Crippen LogP contribution in [-0.2, 0) is 31.5 Å². The average molecular weight is 866 g/mol. The largest absolute Gasteiger partial charge is 0.477 e. The number of carboxylic acid groups (broad SMARTS) is 1. The number of aliphatic carboxylic acids is 1. The van der Waals surface area contributed by atoms with Gasteiger partial charge in [-0.3, -0.25) is 19.5 Å². The normalized spacial score (nSPS) is 16.2. The third-order valence-electron chi connectivity index (χ3n) is 10.3. The van der Waals surface area contributed by atoms with Gasteiger partial charge in [0.05, 0.1) is 0 Å². The number of nitrogens with one attached hydrogen (secondary N) is 5. The summed E-state index contributed by atoms with van der Waals surface area (Å²) in [6.07, 6.45) is 2.02. The average Bonchev–Trinajstić information content (AvgIpc) is 3.71. The zero-order chi connectivity index (χ0) is 45.6. The molecule has 0 spiro atoms. The number of alkyl halides is 4. The lowest BCUT2D eigenvalue weighted by atomic mass is 9.81. The summed E-state index contributed by atoms with van der Waals surface area (Å²) in [5.74, 6) is -17.0. The van der Waals surface area contributed by atoms with Crippen molar-refractivity contribution < 1.29 is 51.4 Å². The van der Waals surface area contributed by atoms with Gasteiger partial charge in [0.1, 0.15) is 11.6 Å². The van der Waals surface area contributed by atoms with Crippen LogP contribution in [0, 0.1) is 18.8 Å². The summed E-state index contributed by atoms with van der Waals surface area (Å²) in [4.78, 5) is 66.5. The number of carbonyl (C=O) groups is 5. The third kappa shape index (κ3) is 11.7. The number of rotatable bonds is 15. The van der Waals surface area contributed by atoms with E-state index < -0.39 is 53.1 Å². The summed E-state index contributed by atoms with van der Waals surface area (Å²) in [5, 5.41) is 25.2. The first-order valence-electron chi connectivity index (χ1n) is 20.1. The molecule has 4 amide bonds. The second kappa shape index (κ2) is 19.2. The maximum atomic E-state index is 14.3. The Balaban J connectivity index is 1.29. The van der Waals surface area contributed by atoms with Crippen LogP contribution in [0.25, 0.3) is 22.5 Å². The molecule has 4 aromatic rings. The summed E-state index contributed by atoms with van der Waals surface area (Å²) in [5.41, 5.74) is 3.65. The van der Waals surface area contributed by atoms with Gasteiger partial charge in [0.2, 0.25) is 17.6 Å². The first kappa shape index (κ1) is 46.7. The van der Waals surface area contributed by atoms with Crippen LogP contribution < -0.4 is 21.3 Å². The molecule has 5 rings (SSSR count). The van der Waals surface area contributed by atoms with Gasteiger partial charge in [-0.15, -0.1) is 0 Å². The predicted octanol–water partition coefficient (Wildman–Crippen LogP) is 7.39. The quantitative estimate of drug-likeness (QED) is 0.0659. The highest BCUT2D eigenvalue weighted by Crippen LogP contribution is 2.42. The van der Waals surface area contributed by atoms with Crippen molar-refractivity contribution in [1.29, 1.82) is 0 Å². The van der Waals surface area contributed by atoms with Gasteiger partial charge in [-0.25, -0.2) is 14.6 Å². The molecule has 1 saturated carbocycles. The highest BCUT2D eigenvalue weighted by atomic mass is 19.3. The van der Waals surface area contributed by atoms with Crippen molar-refractivity contribution in [2.24, 2.45) is 11.8 Å². The number of H-pyrrole nitrogens is 1. The molecule has 1 aliphatic carbocycles. The summed E-state index contributed by atoms with van der Waals surface area (Å²) in [6, 6.07) is 17.3. The number of amides is 4. The number of carboxylic acids is 1. The molecule has 0 bridgehead atoms. The van der Waals surface area contributed by atoms with Crippen LogP contribution in [0.15, 0.2) is 66.7 Å². The van der Waals surface area contributed by atoms with Crippen LogP contribution in [0.5, 0.6) is 0 Å². The van der Waals surface area contributed by atoms with E-state index in [1.165, 1.54) is 24.3 Å². The maximum absolute atomic E-state index is 14.3. The molecular weight excluding hydrogens is 815 g/mol. The van der Waals surface area contributed by atoms with Crippen molar-refractivity contribution in [3.05, 3.63) is 89.2 Å². The van der Waals surface area contributed by atoms with Crippen LogP contribution in [0.4, 0.5) is 28.0 Å². The molecular formula is C44H51F4N7O7. The lowest BCUT2D eigenvalue weighted by Crippen LogP contribution is -2.48. The minimum absolute atomic E-state index is 0.0120. The number of benzene rings is 3. The Morgan fingerprint density at radius 2 is 1.50 bits per heavy atom. The van der Waals surface area contributed by atoms with E-state index in [2.05, 4.69) is 31.3 Å². The number of halogens is 4. The summed E-state index contributed by atoms with van der Waals surface area (Å²) in [7, 11) is 0. The number of alkyl carbamates (subject to hydrolysis) is 1. The Labute approximate surface area is 356 Å². The zero-order valence-electron chi connectivity index (χ0n) is 35.2. The highest BCUT2D eigenvalue weighted by molar-refractivity contribution is 5.98. The molecule has 0 saturated heterocycles. The standard InChI is InChI=1S/C44H51F4N7O7/c1-24(2)50-37(57)31-17-20-33(25(3)21-31)28-11-7-26(8-12-28)22-34(52-36(56)30-13-9-27(10-14-30)23-49-41(61)62-42(4,5)6)38(58)51-32-18-15-29(16-19-32)35-53-39(55-54-35)43(45,46)44(47,48)40(59)60/h7-8,11-12,15-21,24,27,30,34H,9-10,13-14,22-23H2,1-6H3,(H,49,61)(H,50,57)(H,51,58)(H,52,56)(H,59,60)(H,53,54,55)/t27?,30?,34-/m0/s1. The van der Waals surface area contributed by atoms with Gasteiger partial charge in [-0.05, 0) is 132 Å². The van der Waals surface area contributed by atoms with Gasteiger partial charge in [0.15, 0.2) is 5.82 Å². The molecule has 1 aromatic heterocycles. The number of anilines is 1. The monoisotopic (exact) mass is 865 g/mol. The van der Waals surface area contributed by atoms with Crippen molar-refractivity contribution >= 4 is 35.5 Å². The third-order valence-corrected chi connectivity index (χ3v) is 10.3. The minimum atomic E-state index is -5.45. The van der Waals surface area contributed by atoms with Crippen molar-refractivity contribution in [1.82, 2.24) is 31.1 Å². The van der Waals surface area contributed by atoms with Crippen molar-refractivity contribution in [3.8, 4) is 22.5 Å². The van der Waals surface area contributed by atoms with Crippen LogP contribution in [-0.4, -0.2) is 80.2 Å². The molecule has 1 fully saturated rings. The lowest BCUT2D eigenvalue weighted by molar-refractivity contribution is -0.231. The van der Waals surface area contributed by atoms with E-state index in [1.54, 1.807) is 31.9 Å². The minimum Gasteiger partial charge on any atom is -0.477 e. The Kier molecular flexibility index (Phi) is 14.4. The number of ether oxygens (including phenoxy) is 1. The molecule has 14 nitrogen and oxygen atoms in total. The van der Waals surface area contributed by atoms with E-state index in [9.17, 15) is 41.5 Å². The van der Waals surface area contributed by atoms with Crippen molar-refractivity contribution in [2.45, 2.75) is 103 Å². The summed E-state index contributed by atoms with van der Waals surface area (Å²) >= 11 is 0. The molecule has 1 atom stereocenters. The van der Waals surface area contributed by atoms with E-state index in [4.69, 9.17) is 9.84 Å². The first-order chi connectivity index (χ1) is 29.0. The number of nitrogens with zero attached hydrogens (tertiary/aromatic N) is 2. The van der Waals surface area contributed by atoms with Gasteiger partial charge >= 0.3 is 23.9 Å². The summed E-state index contributed by atoms with van der Waals surface area (Å²) < 4.78 is 61.4. The Hall–Kier alpha value is -6.33. The van der Waals surface area contributed by atoms with E-state index >= 15 is 0 Å². The van der Waals surface area contributed by atoms with E-state index in [1.807, 2.05) is 57.2 Å². The Morgan fingerprint density at radius 3 is 2.08 bits per heavy atom. The lowest BCUT2D eigenvalue weighted by Gasteiger charge is -2.29. The van der Waals surface area contributed by atoms with Crippen molar-refractivity contribution in [2.75, 3.05) is 11.9 Å². The van der Waals surface area contributed by atoms with Crippen LogP contribution in [0.2, 0.25) is 0 Å². The predicted molar refractivity (Wildman–Crippen MR) is 221 cm³/mol. The van der Waals surface area contributed by atoms with E-state index in [-0.39, 0.29) is 47.4 Å². The Morgan fingerprint density at radius 1 is 0.871 bits per heavy atom. The highest BCUT2D eigenvalue weighted by Gasteiger charge is 2.65. The molecule has 332 valence electrons. The molecule has 18 heteroatoms. The van der Waals surface area contributed by atoms with Crippen LogP contribution >= 0.6 is 0 Å². The number of hydrogen-bond acceptors (Lipinski definition) is 8. The van der Waals surface area contributed by atoms with Gasteiger partial charge in [-0.1, -0.05) is 30.3 Å². The van der Waals surface area contributed by atoms with Crippen molar-refractivity contribution in [3.63, 3.8) is 0 Å². The molecule has 0 aliphatic heterocycles. The molecule has 1 heterocycles. The number of aryl methyl sites for hydroxylation is 1. The fourth-order valence-corrected chi connectivity index (χ4v) is 6.95. The molecule has 0 unspecified atom stereocenters. The fourth-order valence-electron chi connectivity index (χ4n) is 6.95. The SMILES string of the molecule is Cc1cc(C(=O)NC(C)C)ccc1-c1ccc(C[C@H](NC(=O)C2CCC(CNC(=O)OC(C)(C)C)CC2)C(=O)Nc2ccc(-c3n[nH]c(C(F)(F)C(F)(F)C(=O)O)n3)cc2)cc1. The summed E-state index contributed by atoms with van der Waals surface area (Å²) in [6.45, 7) is 11.4. The number of aromatic amines is 1. The second-order valence-corrected chi connectivity index (χ2v) is 16.7. The van der Waals surface area contributed by atoms with Gasteiger partial charge in [0.25, 0.3) is 5.91 Å². The molecule has 0 radical (unpaired) electrons. The number of hydrogen-bond donors (Lipinski definition) is 6. The fraction of sp³-hybridized carbons (Fsp3) is 0.432. The number of aromatic nitrogens is 3. The molecule has 62 heavy (non-hydrogen) atoms. The molecule has 6 N–H and O–H groups in total. The molecule has 3 aromatic carbocycles. The van der Waals surface area contributed by atoms with E-state index in [0.717, 1.165) is 22.3 Å². The second-order valence-electron chi connectivity index (χ2n) is 16.7. The van der Waals surface area contributed by atoms with Gasteiger partial charge < -0.3 is 31.1 Å². The van der Waals surface area contributed by atoms with Crippen LogP contribution in [0.1, 0.15) is 87.6 Å². The van der Waals surface area contributed by atoms with Gasteiger partial charge in [0, 0.05) is 41.7 Å². The molecule has 1 aliphatic rings. The Bertz CT molecular complexity index is 2250. The van der Waals surface area contributed by atoms with E-state index in [0.29, 0.717) is 37.8 Å².